The van der Waals surface area contributed by atoms with Gasteiger partial charge in [-0.3, -0.25) is 4.79 Å². The van der Waals surface area contributed by atoms with Gasteiger partial charge >= 0.3 is 0 Å². The van der Waals surface area contributed by atoms with E-state index < -0.39 is 0 Å². The summed E-state index contributed by atoms with van der Waals surface area (Å²) in [6, 6.07) is 4.02. The van der Waals surface area contributed by atoms with Crippen LogP contribution in [0.1, 0.15) is 10.5 Å². The third-order valence-electron chi connectivity index (χ3n) is 2.91. The molecule has 2 aromatic heterocycles. The number of rotatable bonds is 2. The minimum absolute atomic E-state index is 0.0413. The maximum absolute atomic E-state index is 12.3. The van der Waals surface area contributed by atoms with Crippen molar-refractivity contribution >= 4 is 44.5 Å². The van der Waals surface area contributed by atoms with Crippen molar-refractivity contribution in [2.45, 2.75) is 0 Å². The molecular weight excluding hydrogens is 346 g/mol. The van der Waals surface area contributed by atoms with Crippen molar-refractivity contribution in [1.82, 2.24) is 15.2 Å². The summed E-state index contributed by atoms with van der Waals surface area (Å²) in [6.07, 6.45) is 0. The van der Waals surface area contributed by atoms with E-state index in [1.54, 1.807) is 11.3 Å². The number of carbonyl (C=O) groups is 1. The molecule has 4 nitrogen and oxygen atoms in total. The molecule has 100 valence electrons. The van der Waals surface area contributed by atoms with Crippen LogP contribution >= 0.6 is 38.6 Å². The summed E-state index contributed by atoms with van der Waals surface area (Å²) < 4.78 is 1.08. The number of halogens is 1. The van der Waals surface area contributed by atoms with E-state index in [0.29, 0.717) is 5.69 Å². The zero-order chi connectivity index (χ0) is 13.2. The van der Waals surface area contributed by atoms with Crippen molar-refractivity contribution in [3.8, 4) is 9.88 Å². The zero-order valence-corrected chi connectivity index (χ0v) is 13.3. The highest BCUT2D eigenvalue weighted by Gasteiger charge is 2.20. The van der Waals surface area contributed by atoms with Gasteiger partial charge in [-0.15, -0.1) is 22.7 Å². The van der Waals surface area contributed by atoms with Gasteiger partial charge in [0.2, 0.25) is 0 Å². The van der Waals surface area contributed by atoms with Gasteiger partial charge in [-0.05, 0) is 28.1 Å². The normalized spacial score (nSPS) is 15.7. The first-order valence-corrected chi connectivity index (χ1v) is 8.44. The number of thiazole rings is 1. The molecule has 1 fully saturated rings. The first-order chi connectivity index (χ1) is 9.24. The van der Waals surface area contributed by atoms with E-state index in [2.05, 4.69) is 26.2 Å². The van der Waals surface area contributed by atoms with E-state index in [9.17, 15) is 4.79 Å². The highest BCUT2D eigenvalue weighted by molar-refractivity contribution is 9.11. The summed E-state index contributed by atoms with van der Waals surface area (Å²) in [5.74, 6) is 0.0413. The molecule has 7 heteroatoms. The quantitative estimate of drug-likeness (QED) is 0.898. The van der Waals surface area contributed by atoms with Crippen LogP contribution in [0.3, 0.4) is 0 Å². The summed E-state index contributed by atoms with van der Waals surface area (Å²) >= 11 is 6.60. The second kappa shape index (κ2) is 5.70. The topological polar surface area (TPSA) is 45.2 Å². The van der Waals surface area contributed by atoms with Gasteiger partial charge < -0.3 is 10.2 Å². The van der Waals surface area contributed by atoms with E-state index in [0.717, 1.165) is 39.9 Å². The van der Waals surface area contributed by atoms with Crippen molar-refractivity contribution in [2.75, 3.05) is 26.2 Å². The van der Waals surface area contributed by atoms with E-state index in [1.807, 2.05) is 22.4 Å². The highest BCUT2D eigenvalue weighted by Crippen LogP contribution is 2.33. The first-order valence-electron chi connectivity index (χ1n) is 5.95. The van der Waals surface area contributed by atoms with Crippen LogP contribution in [0.5, 0.6) is 0 Å². The van der Waals surface area contributed by atoms with Crippen LogP contribution in [-0.2, 0) is 0 Å². The summed E-state index contributed by atoms with van der Waals surface area (Å²) in [6.45, 7) is 3.24. The van der Waals surface area contributed by atoms with Crippen LogP contribution in [0.15, 0.2) is 21.3 Å². The molecule has 1 aliphatic heterocycles. The molecule has 3 heterocycles. The lowest BCUT2D eigenvalue weighted by atomic mass is 10.3. The van der Waals surface area contributed by atoms with Crippen LogP contribution in [-0.4, -0.2) is 42.0 Å². The third kappa shape index (κ3) is 2.89. The number of amides is 1. The molecule has 0 spiro atoms. The molecule has 0 aliphatic carbocycles. The second-order valence-electron chi connectivity index (χ2n) is 4.18. The Labute approximate surface area is 127 Å². The van der Waals surface area contributed by atoms with E-state index in [1.165, 1.54) is 11.3 Å². The summed E-state index contributed by atoms with van der Waals surface area (Å²) in [5, 5.41) is 6.01. The predicted octanol–water partition coefficient (Wildman–Crippen LogP) is 2.68. The maximum Gasteiger partial charge on any atom is 0.273 e. The second-order valence-corrected chi connectivity index (χ2v) is 7.50. The Bertz CT molecular complexity index is 589. The lowest BCUT2D eigenvalue weighted by Gasteiger charge is -2.26. The van der Waals surface area contributed by atoms with Crippen molar-refractivity contribution in [2.24, 2.45) is 0 Å². The van der Waals surface area contributed by atoms with E-state index in [4.69, 9.17) is 0 Å². The molecule has 0 unspecified atom stereocenters. The Morgan fingerprint density at radius 1 is 1.37 bits per heavy atom. The van der Waals surface area contributed by atoms with Gasteiger partial charge in [0.15, 0.2) is 0 Å². The van der Waals surface area contributed by atoms with Crippen LogP contribution in [0.2, 0.25) is 0 Å². The molecule has 1 amide bonds. The number of hydrogen-bond acceptors (Lipinski definition) is 5. The van der Waals surface area contributed by atoms with Crippen LogP contribution < -0.4 is 5.32 Å². The van der Waals surface area contributed by atoms with Gasteiger partial charge in [-0.2, -0.15) is 0 Å². The molecular formula is C12H12BrN3OS2. The van der Waals surface area contributed by atoms with Gasteiger partial charge in [0.05, 0.1) is 8.66 Å². The number of carbonyl (C=O) groups excluding carboxylic acids is 1. The Morgan fingerprint density at radius 2 is 2.16 bits per heavy atom. The number of piperazine rings is 1. The molecule has 0 radical (unpaired) electrons. The molecule has 1 aliphatic rings. The van der Waals surface area contributed by atoms with Gasteiger partial charge in [0, 0.05) is 31.6 Å². The number of thiophene rings is 1. The van der Waals surface area contributed by atoms with Crippen LogP contribution in [0.4, 0.5) is 0 Å². The fourth-order valence-electron chi connectivity index (χ4n) is 1.94. The molecule has 3 rings (SSSR count). The predicted molar refractivity (Wildman–Crippen MR) is 81.9 cm³/mol. The molecule has 1 saturated heterocycles. The van der Waals surface area contributed by atoms with Crippen molar-refractivity contribution in [3.05, 3.63) is 27.0 Å². The summed E-state index contributed by atoms with van der Waals surface area (Å²) in [5.41, 5.74) is 0.562. The third-order valence-corrected chi connectivity index (χ3v) is 5.55. The van der Waals surface area contributed by atoms with Crippen molar-refractivity contribution < 1.29 is 4.79 Å². The van der Waals surface area contributed by atoms with Crippen molar-refractivity contribution in [1.29, 1.82) is 0 Å². The monoisotopic (exact) mass is 357 g/mol. The van der Waals surface area contributed by atoms with Gasteiger partial charge in [-0.25, -0.2) is 4.98 Å². The van der Waals surface area contributed by atoms with Crippen LogP contribution in [0, 0.1) is 0 Å². The Balaban J connectivity index is 1.79. The van der Waals surface area contributed by atoms with E-state index in [-0.39, 0.29) is 5.91 Å². The zero-order valence-electron chi connectivity index (χ0n) is 10.1. The minimum Gasteiger partial charge on any atom is -0.335 e. The highest BCUT2D eigenvalue weighted by atomic mass is 79.9. The Hall–Kier alpha value is -0.760. The van der Waals surface area contributed by atoms with Gasteiger partial charge in [0.1, 0.15) is 10.7 Å². The molecule has 19 heavy (non-hydrogen) atoms. The summed E-state index contributed by atoms with van der Waals surface area (Å²) in [7, 11) is 0. The largest absolute Gasteiger partial charge is 0.335 e. The Kier molecular flexibility index (Phi) is 3.97. The van der Waals surface area contributed by atoms with Crippen molar-refractivity contribution in [3.63, 3.8) is 0 Å². The molecule has 1 N–H and O–H groups in total. The molecule has 0 bridgehead atoms. The number of nitrogens with zero attached hydrogens (tertiary/aromatic N) is 2. The summed E-state index contributed by atoms with van der Waals surface area (Å²) in [4.78, 5) is 19.7. The number of aromatic nitrogens is 1. The molecule has 0 saturated carbocycles. The lowest BCUT2D eigenvalue weighted by molar-refractivity contribution is 0.0731. The molecule has 2 aromatic rings. The molecule has 0 aromatic carbocycles. The average Bonchev–Trinajstić information content (AvgIpc) is 3.07. The smallest absolute Gasteiger partial charge is 0.273 e. The fourth-order valence-corrected chi connectivity index (χ4v) is 4.20. The number of nitrogens with one attached hydrogen (secondary N) is 1. The van der Waals surface area contributed by atoms with Gasteiger partial charge in [0.25, 0.3) is 5.91 Å². The fraction of sp³-hybridized carbons (Fsp3) is 0.333. The standard InChI is InChI=1S/C12H12BrN3OS2/c13-10-2-1-9(19-10)11-15-8(7-18-11)12(17)16-5-3-14-4-6-16/h1-2,7,14H,3-6H2. The SMILES string of the molecule is O=C(c1csc(-c2ccc(Br)s2)n1)N1CCNCC1. The number of hydrogen-bond donors (Lipinski definition) is 1. The molecule has 0 atom stereocenters. The van der Waals surface area contributed by atoms with Gasteiger partial charge in [-0.1, -0.05) is 0 Å². The minimum atomic E-state index is 0.0413. The maximum atomic E-state index is 12.3. The van der Waals surface area contributed by atoms with Crippen LogP contribution in [0.25, 0.3) is 9.88 Å². The lowest BCUT2D eigenvalue weighted by Crippen LogP contribution is -2.46. The first kappa shape index (κ1) is 13.2. The average molecular weight is 358 g/mol. The Morgan fingerprint density at radius 3 is 2.84 bits per heavy atom. The van der Waals surface area contributed by atoms with E-state index >= 15 is 0 Å².